The van der Waals surface area contributed by atoms with Crippen LogP contribution < -0.4 is 24.3 Å². The van der Waals surface area contributed by atoms with E-state index < -0.39 is 0 Å². The third-order valence-electron chi connectivity index (χ3n) is 3.85. The van der Waals surface area contributed by atoms with Crippen molar-refractivity contribution in [3.8, 4) is 23.0 Å². The van der Waals surface area contributed by atoms with Gasteiger partial charge in [-0.15, -0.1) is 0 Å². The van der Waals surface area contributed by atoms with E-state index in [1.165, 1.54) is 20.4 Å². The second-order valence-corrected chi connectivity index (χ2v) is 6.12. The average Bonchev–Trinajstić information content (AvgIpc) is 3.17. The lowest BCUT2D eigenvalue weighted by atomic mass is 10.2. The summed E-state index contributed by atoms with van der Waals surface area (Å²) in [5.74, 6) is 1.97. The predicted octanol–water partition coefficient (Wildman–Crippen LogP) is 2.75. The van der Waals surface area contributed by atoms with Crippen LogP contribution in [0.1, 0.15) is 11.1 Å². The van der Waals surface area contributed by atoms with Crippen LogP contribution in [0.3, 0.4) is 0 Å². The Morgan fingerprint density at radius 3 is 2.82 bits per heavy atom. The second-order valence-electron chi connectivity index (χ2n) is 5.71. The van der Waals surface area contributed by atoms with Gasteiger partial charge in [0.25, 0.3) is 5.91 Å². The minimum Gasteiger partial charge on any atom is -0.493 e. The zero-order chi connectivity index (χ0) is 19.9. The summed E-state index contributed by atoms with van der Waals surface area (Å²) in [4.78, 5) is 16.9. The number of amides is 1. The van der Waals surface area contributed by atoms with Gasteiger partial charge < -0.3 is 29.1 Å². The average molecular weight is 407 g/mol. The van der Waals surface area contributed by atoms with Gasteiger partial charge in [0, 0.05) is 12.1 Å². The van der Waals surface area contributed by atoms with Crippen molar-refractivity contribution in [3.05, 3.63) is 46.5 Å². The molecular formula is C19H19ClN2O6. The topological polar surface area (TPSA) is 87.6 Å². The zero-order valence-corrected chi connectivity index (χ0v) is 16.1. The first kappa shape index (κ1) is 19.6. The molecular weight excluding hydrogens is 388 g/mol. The van der Waals surface area contributed by atoms with Crippen molar-refractivity contribution in [2.75, 3.05) is 27.6 Å². The second kappa shape index (κ2) is 9.18. The van der Waals surface area contributed by atoms with Gasteiger partial charge in [-0.3, -0.25) is 4.79 Å². The lowest BCUT2D eigenvalue weighted by molar-refractivity contribution is -0.125. The standard InChI is InChI=1S/C19H19ClN2O6/c1-24-17-7-13(5-14(20)19(17)25-2)9-22-28-10-18(23)21-8-12-3-4-15-16(6-12)27-11-26-15/h3-7,9H,8,10-11H2,1-2H3,(H,21,23)/b22-9-. The number of methoxy groups -OCH3 is 2. The molecule has 2 aromatic carbocycles. The molecule has 0 radical (unpaired) electrons. The Morgan fingerprint density at radius 2 is 2.04 bits per heavy atom. The van der Waals surface area contributed by atoms with Crippen molar-refractivity contribution < 1.29 is 28.6 Å². The summed E-state index contributed by atoms with van der Waals surface area (Å²) >= 11 is 6.12. The fourth-order valence-electron chi connectivity index (χ4n) is 2.51. The molecule has 0 saturated heterocycles. The maximum atomic E-state index is 11.9. The number of hydrogen-bond donors (Lipinski definition) is 1. The fourth-order valence-corrected chi connectivity index (χ4v) is 2.81. The lowest BCUT2D eigenvalue weighted by Gasteiger charge is -2.09. The van der Waals surface area contributed by atoms with Crippen LogP contribution in [0.15, 0.2) is 35.5 Å². The monoisotopic (exact) mass is 406 g/mol. The van der Waals surface area contributed by atoms with Gasteiger partial charge >= 0.3 is 0 Å². The van der Waals surface area contributed by atoms with Gasteiger partial charge in [-0.25, -0.2) is 0 Å². The van der Waals surface area contributed by atoms with E-state index in [1.54, 1.807) is 18.2 Å². The minimum absolute atomic E-state index is 0.211. The fraction of sp³-hybridized carbons (Fsp3) is 0.263. The number of ether oxygens (including phenoxy) is 4. The molecule has 0 atom stereocenters. The highest BCUT2D eigenvalue weighted by atomic mass is 35.5. The summed E-state index contributed by atoms with van der Waals surface area (Å²) in [6.45, 7) is 0.332. The van der Waals surface area contributed by atoms with E-state index in [9.17, 15) is 4.79 Å². The molecule has 9 heteroatoms. The highest BCUT2D eigenvalue weighted by Crippen LogP contribution is 2.35. The Balaban J connectivity index is 1.47. The van der Waals surface area contributed by atoms with Gasteiger partial charge in [-0.1, -0.05) is 22.8 Å². The number of carbonyl (C=O) groups is 1. The van der Waals surface area contributed by atoms with Crippen molar-refractivity contribution in [3.63, 3.8) is 0 Å². The third-order valence-corrected chi connectivity index (χ3v) is 4.14. The van der Waals surface area contributed by atoms with E-state index in [4.69, 9.17) is 35.4 Å². The Bertz CT molecular complexity index is 887. The van der Waals surface area contributed by atoms with E-state index in [0.29, 0.717) is 40.1 Å². The minimum atomic E-state index is -0.305. The molecule has 0 bridgehead atoms. The first-order chi connectivity index (χ1) is 13.6. The van der Waals surface area contributed by atoms with Gasteiger partial charge in [0.1, 0.15) is 0 Å². The quantitative estimate of drug-likeness (QED) is 0.535. The molecule has 28 heavy (non-hydrogen) atoms. The van der Waals surface area contributed by atoms with E-state index in [1.807, 2.05) is 12.1 Å². The number of benzene rings is 2. The van der Waals surface area contributed by atoms with Crippen molar-refractivity contribution in [2.45, 2.75) is 6.54 Å². The van der Waals surface area contributed by atoms with Gasteiger partial charge in [0.15, 0.2) is 29.6 Å². The summed E-state index contributed by atoms with van der Waals surface area (Å²) in [5.41, 5.74) is 1.53. The Morgan fingerprint density at radius 1 is 1.21 bits per heavy atom. The molecule has 1 N–H and O–H groups in total. The molecule has 1 heterocycles. The predicted molar refractivity (Wildman–Crippen MR) is 103 cm³/mol. The summed E-state index contributed by atoms with van der Waals surface area (Å²) < 4.78 is 20.9. The van der Waals surface area contributed by atoms with Crippen LogP contribution in [-0.4, -0.2) is 39.7 Å². The van der Waals surface area contributed by atoms with Gasteiger partial charge in [0.2, 0.25) is 6.79 Å². The molecule has 0 aliphatic carbocycles. The Labute approximate surface area is 166 Å². The summed E-state index contributed by atoms with van der Waals surface area (Å²) in [5, 5.41) is 6.90. The molecule has 8 nitrogen and oxygen atoms in total. The molecule has 3 rings (SSSR count). The lowest BCUT2D eigenvalue weighted by Crippen LogP contribution is -2.26. The first-order valence-electron chi connectivity index (χ1n) is 8.32. The van der Waals surface area contributed by atoms with Crippen LogP contribution >= 0.6 is 11.6 Å². The number of hydrogen-bond acceptors (Lipinski definition) is 7. The smallest absolute Gasteiger partial charge is 0.261 e. The van der Waals surface area contributed by atoms with Crippen LogP contribution in [0.25, 0.3) is 0 Å². The summed E-state index contributed by atoms with van der Waals surface area (Å²) in [6, 6.07) is 8.82. The van der Waals surface area contributed by atoms with Crippen molar-refractivity contribution in [2.24, 2.45) is 5.16 Å². The number of carbonyl (C=O) groups excluding carboxylic acids is 1. The number of oxime groups is 1. The van der Waals surface area contributed by atoms with Gasteiger partial charge in [-0.2, -0.15) is 0 Å². The molecule has 0 aromatic heterocycles. The number of rotatable bonds is 8. The number of halogens is 1. The highest BCUT2D eigenvalue weighted by Gasteiger charge is 2.13. The molecule has 1 aliphatic heterocycles. The number of fused-ring (bicyclic) bond motifs is 1. The third kappa shape index (κ3) is 4.77. The van der Waals surface area contributed by atoms with Crippen molar-refractivity contribution in [1.82, 2.24) is 5.32 Å². The maximum Gasteiger partial charge on any atom is 0.261 e. The molecule has 148 valence electrons. The molecule has 0 unspecified atom stereocenters. The normalized spacial score (nSPS) is 12.1. The molecule has 0 spiro atoms. The number of nitrogens with zero attached hydrogens (tertiary/aromatic N) is 1. The highest BCUT2D eigenvalue weighted by molar-refractivity contribution is 6.32. The van der Waals surface area contributed by atoms with E-state index >= 15 is 0 Å². The van der Waals surface area contributed by atoms with Crippen LogP contribution in [0.2, 0.25) is 5.02 Å². The van der Waals surface area contributed by atoms with Crippen molar-refractivity contribution in [1.29, 1.82) is 0 Å². The zero-order valence-electron chi connectivity index (χ0n) is 15.4. The maximum absolute atomic E-state index is 11.9. The van der Waals surface area contributed by atoms with E-state index in [0.717, 1.165) is 5.56 Å². The summed E-state index contributed by atoms with van der Waals surface area (Å²) in [6.07, 6.45) is 1.43. The number of nitrogens with one attached hydrogen (secondary N) is 1. The SMILES string of the molecule is COc1cc(/C=N\OCC(=O)NCc2ccc3c(c2)OCO3)cc(Cl)c1OC. The molecule has 0 saturated carbocycles. The molecule has 1 amide bonds. The Hall–Kier alpha value is -3.13. The largest absolute Gasteiger partial charge is 0.493 e. The van der Waals surface area contributed by atoms with Gasteiger partial charge in [0.05, 0.1) is 25.5 Å². The Kier molecular flexibility index (Phi) is 6.44. The van der Waals surface area contributed by atoms with Crippen molar-refractivity contribution >= 4 is 23.7 Å². The first-order valence-corrected chi connectivity index (χ1v) is 8.70. The van der Waals surface area contributed by atoms with E-state index in [2.05, 4.69) is 10.5 Å². The van der Waals surface area contributed by atoms with Gasteiger partial charge in [-0.05, 0) is 29.8 Å². The molecule has 1 aliphatic rings. The molecule has 2 aromatic rings. The van der Waals surface area contributed by atoms with Crippen LogP contribution in [-0.2, 0) is 16.2 Å². The van der Waals surface area contributed by atoms with Crippen LogP contribution in [0, 0.1) is 0 Å². The van der Waals surface area contributed by atoms with E-state index in [-0.39, 0.29) is 19.3 Å². The van der Waals surface area contributed by atoms with Crippen LogP contribution in [0.4, 0.5) is 0 Å². The summed E-state index contributed by atoms with van der Waals surface area (Å²) in [7, 11) is 3.01. The van der Waals surface area contributed by atoms with Crippen LogP contribution in [0.5, 0.6) is 23.0 Å². The molecule has 0 fully saturated rings.